The number of piperidine rings is 2. The van der Waals surface area contributed by atoms with Gasteiger partial charge < -0.3 is 15.1 Å². The fraction of sp³-hybridized carbons (Fsp3) is 0.613. The van der Waals surface area contributed by atoms with Crippen LogP contribution < -0.4 is 5.32 Å². The van der Waals surface area contributed by atoms with Gasteiger partial charge in [-0.3, -0.25) is 9.59 Å². The average Bonchev–Trinajstić information content (AvgIpc) is 2.92. The molecule has 2 aliphatic rings. The number of hydrogen-bond acceptors (Lipinski definition) is 5. The van der Waals surface area contributed by atoms with Gasteiger partial charge in [0.1, 0.15) is 11.5 Å². The van der Waals surface area contributed by atoms with E-state index in [1.807, 2.05) is 18.7 Å². The van der Waals surface area contributed by atoms with Crippen molar-refractivity contribution >= 4 is 11.8 Å². The number of likely N-dealkylation sites (tertiary alicyclic amines) is 2. The number of nitrogens with zero attached hydrogens (tertiary/aromatic N) is 4. The van der Waals surface area contributed by atoms with Crippen molar-refractivity contribution in [2.24, 2.45) is 5.92 Å². The Hall–Kier alpha value is -2.80. The molecule has 2 saturated heterocycles. The zero-order valence-corrected chi connectivity index (χ0v) is 24.1. The predicted octanol–water partition coefficient (Wildman–Crippen LogP) is 4.24. The molecule has 2 fully saturated rings. The molecule has 0 aliphatic carbocycles. The SMILES string of the molecule is CNC(=O)C1CCN(C2CCN(C(=O)c3nc(C)nc(CCc4ccc(C(C)(C)C)cc4)c3C)CC2)CC1. The number of amides is 2. The predicted molar refractivity (Wildman–Crippen MR) is 151 cm³/mol. The number of hydrogen-bond donors (Lipinski definition) is 1. The molecule has 0 bridgehead atoms. The van der Waals surface area contributed by atoms with Crippen LogP contribution in [0.1, 0.15) is 85.2 Å². The molecular weight excluding hydrogens is 474 g/mol. The maximum absolute atomic E-state index is 13.5. The molecule has 4 rings (SSSR count). The molecule has 0 saturated carbocycles. The van der Waals surface area contributed by atoms with Crippen LogP contribution in [0.3, 0.4) is 0 Å². The molecule has 2 aromatic rings. The number of carbonyl (C=O) groups excluding carboxylic acids is 2. The van der Waals surface area contributed by atoms with Crippen molar-refractivity contribution < 1.29 is 9.59 Å². The van der Waals surface area contributed by atoms with E-state index in [-0.39, 0.29) is 23.1 Å². The maximum Gasteiger partial charge on any atom is 0.272 e. The second kappa shape index (κ2) is 11.9. The molecule has 1 N–H and O–H groups in total. The lowest BCUT2D eigenvalue weighted by Crippen LogP contribution is -2.50. The zero-order valence-electron chi connectivity index (χ0n) is 24.1. The third-order valence-corrected chi connectivity index (χ3v) is 8.45. The largest absolute Gasteiger partial charge is 0.359 e. The highest BCUT2D eigenvalue weighted by atomic mass is 16.2. The summed E-state index contributed by atoms with van der Waals surface area (Å²) in [4.78, 5) is 39.3. The first-order valence-electron chi connectivity index (χ1n) is 14.2. The summed E-state index contributed by atoms with van der Waals surface area (Å²) in [7, 11) is 1.72. The highest BCUT2D eigenvalue weighted by Gasteiger charge is 2.32. The smallest absolute Gasteiger partial charge is 0.272 e. The normalized spacial score (nSPS) is 18.0. The molecule has 0 atom stereocenters. The van der Waals surface area contributed by atoms with Gasteiger partial charge in [-0.05, 0) is 82.0 Å². The van der Waals surface area contributed by atoms with E-state index in [4.69, 9.17) is 4.98 Å². The van der Waals surface area contributed by atoms with E-state index in [1.165, 1.54) is 11.1 Å². The van der Waals surface area contributed by atoms with E-state index in [2.05, 4.69) is 60.2 Å². The van der Waals surface area contributed by atoms with E-state index >= 15 is 0 Å². The average molecular weight is 520 g/mol. The van der Waals surface area contributed by atoms with Gasteiger partial charge in [-0.15, -0.1) is 0 Å². The highest BCUT2D eigenvalue weighted by molar-refractivity contribution is 5.94. The van der Waals surface area contributed by atoms with Crippen LogP contribution in [0.5, 0.6) is 0 Å². The summed E-state index contributed by atoms with van der Waals surface area (Å²) in [5.41, 5.74) is 5.19. The van der Waals surface area contributed by atoms with Gasteiger partial charge in [0.2, 0.25) is 5.91 Å². The third-order valence-electron chi connectivity index (χ3n) is 8.45. The standard InChI is InChI=1S/C31H45N5O2/c1-21-27(12-9-23-7-10-25(11-8-23)31(3,4)5)33-22(2)34-28(21)30(38)36-19-15-26(16-20-36)35-17-13-24(14-18-35)29(37)32-6/h7-8,10-11,24,26H,9,12-20H2,1-6H3,(H,32,37). The molecule has 1 aromatic carbocycles. The Morgan fingerprint density at radius 1 is 0.921 bits per heavy atom. The Morgan fingerprint density at radius 3 is 2.13 bits per heavy atom. The minimum Gasteiger partial charge on any atom is -0.359 e. The minimum atomic E-state index is 0.0283. The fourth-order valence-electron chi connectivity index (χ4n) is 5.89. The van der Waals surface area contributed by atoms with Crippen molar-refractivity contribution in [3.63, 3.8) is 0 Å². The number of aryl methyl sites for hydroxylation is 3. The summed E-state index contributed by atoms with van der Waals surface area (Å²) in [5, 5.41) is 2.79. The first-order chi connectivity index (χ1) is 18.1. The second-order valence-electron chi connectivity index (χ2n) is 12.1. The molecule has 1 aromatic heterocycles. The van der Waals surface area contributed by atoms with Crippen molar-refractivity contribution in [1.82, 2.24) is 25.1 Å². The molecular formula is C31H45N5O2. The first kappa shape index (κ1) is 28.2. The molecule has 206 valence electrons. The van der Waals surface area contributed by atoms with E-state index in [1.54, 1.807) is 7.05 Å². The molecule has 0 unspecified atom stereocenters. The van der Waals surface area contributed by atoms with Crippen molar-refractivity contribution in [1.29, 1.82) is 0 Å². The quantitative estimate of drug-likeness (QED) is 0.618. The van der Waals surface area contributed by atoms with Gasteiger partial charge in [0, 0.05) is 43.4 Å². The summed E-state index contributed by atoms with van der Waals surface area (Å²) in [6.07, 6.45) is 5.45. The van der Waals surface area contributed by atoms with Crippen LogP contribution in [0.2, 0.25) is 0 Å². The van der Waals surface area contributed by atoms with E-state index < -0.39 is 0 Å². The Bertz CT molecular complexity index is 1120. The topological polar surface area (TPSA) is 78.4 Å². The molecule has 7 nitrogen and oxygen atoms in total. The van der Waals surface area contributed by atoms with E-state index in [0.717, 1.165) is 76.0 Å². The Balaban J connectivity index is 1.35. The van der Waals surface area contributed by atoms with Crippen molar-refractivity contribution in [3.05, 3.63) is 58.2 Å². The minimum absolute atomic E-state index is 0.0283. The van der Waals surface area contributed by atoms with Crippen LogP contribution in [-0.2, 0) is 23.1 Å². The Labute approximate surface area is 228 Å². The summed E-state index contributed by atoms with van der Waals surface area (Å²) < 4.78 is 0. The summed E-state index contributed by atoms with van der Waals surface area (Å²) in [5.74, 6) is 0.990. The van der Waals surface area contributed by atoms with Gasteiger partial charge >= 0.3 is 0 Å². The van der Waals surface area contributed by atoms with Crippen molar-refractivity contribution in [2.75, 3.05) is 33.2 Å². The number of aromatic nitrogens is 2. The molecule has 2 amide bonds. The van der Waals surface area contributed by atoms with Gasteiger partial charge in [0.25, 0.3) is 5.91 Å². The Kier molecular flexibility index (Phi) is 8.86. The monoisotopic (exact) mass is 519 g/mol. The van der Waals surface area contributed by atoms with Crippen molar-refractivity contribution in [2.45, 2.75) is 84.6 Å². The molecule has 7 heteroatoms. The van der Waals surface area contributed by atoms with Crippen LogP contribution in [0, 0.1) is 19.8 Å². The zero-order chi connectivity index (χ0) is 27.4. The maximum atomic E-state index is 13.5. The first-order valence-corrected chi connectivity index (χ1v) is 14.2. The molecule has 0 spiro atoms. The van der Waals surface area contributed by atoms with E-state index in [0.29, 0.717) is 17.6 Å². The van der Waals surface area contributed by atoms with Gasteiger partial charge in [0.05, 0.1) is 0 Å². The lowest BCUT2D eigenvalue weighted by atomic mass is 9.86. The molecule has 38 heavy (non-hydrogen) atoms. The van der Waals surface area contributed by atoms with Crippen molar-refractivity contribution in [3.8, 4) is 0 Å². The van der Waals surface area contributed by atoms with Crippen LogP contribution >= 0.6 is 0 Å². The third kappa shape index (κ3) is 6.60. The summed E-state index contributed by atoms with van der Waals surface area (Å²) in [6.45, 7) is 14.0. The van der Waals surface area contributed by atoms with Gasteiger partial charge in [-0.2, -0.15) is 0 Å². The second-order valence-corrected chi connectivity index (χ2v) is 12.1. The van der Waals surface area contributed by atoms with Crippen LogP contribution in [0.25, 0.3) is 0 Å². The number of nitrogens with one attached hydrogen (secondary N) is 1. The molecule has 3 heterocycles. The van der Waals surface area contributed by atoms with Gasteiger partial charge in [0.15, 0.2) is 0 Å². The van der Waals surface area contributed by atoms with Crippen LogP contribution in [-0.4, -0.2) is 70.9 Å². The van der Waals surface area contributed by atoms with Gasteiger partial charge in [-0.1, -0.05) is 45.0 Å². The lowest BCUT2D eigenvalue weighted by molar-refractivity contribution is -0.126. The van der Waals surface area contributed by atoms with Gasteiger partial charge in [-0.25, -0.2) is 9.97 Å². The molecule has 0 radical (unpaired) electrons. The number of benzene rings is 1. The van der Waals surface area contributed by atoms with E-state index in [9.17, 15) is 9.59 Å². The van der Waals surface area contributed by atoms with Crippen LogP contribution in [0.4, 0.5) is 0 Å². The van der Waals surface area contributed by atoms with Crippen LogP contribution in [0.15, 0.2) is 24.3 Å². The summed E-state index contributed by atoms with van der Waals surface area (Å²) >= 11 is 0. The highest BCUT2D eigenvalue weighted by Crippen LogP contribution is 2.26. The summed E-state index contributed by atoms with van der Waals surface area (Å²) in [6, 6.07) is 9.34. The number of rotatable bonds is 6. The Morgan fingerprint density at radius 2 is 1.55 bits per heavy atom. The molecule has 2 aliphatic heterocycles. The lowest BCUT2D eigenvalue weighted by Gasteiger charge is -2.41. The number of carbonyl (C=O) groups is 2. The fourth-order valence-corrected chi connectivity index (χ4v) is 5.89.